The molecule has 4 nitrogen and oxygen atoms in total. The van der Waals surface area contributed by atoms with E-state index in [0.29, 0.717) is 24.7 Å². The summed E-state index contributed by atoms with van der Waals surface area (Å²) >= 11 is 0. The van der Waals surface area contributed by atoms with Crippen LogP contribution in [-0.2, 0) is 9.59 Å². The van der Waals surface area contributed by atoms with Gasteiger partial charge in [0.25, 0.3) is 0 Å². The van der Waals surface area contributed by atoms with Gasteiger partial charge in [-0.1, -0.05) is 182 Å². The molecule has 0 aliphatic heterocycles. The van der Waals surface area contributed by atoms with E-state index in [2.05, 4.69) is 27.7 Å². The number of unbranched alkanes of at least 4 members (excludes halogenated alkanes) is 16. The van der Waals surface area contributed by atoms with E-state index < -0.39 is 11.9 Å². The van der Waals surface area contributed by atoms with Crippen molar-refractivity contribution in [3.8, 4) is 0 Å². The van der Waals surface area contributed by atoms with E-state index in [0.717, 1.165) is 44.1 Å². The quantitative estimate of drug-likeness (QED) is 0.0394. The molecule has 4 heteroatoms. The molecule has 0 aromatic heterocycles. The van der Waals surface area contributed by atoms with E-state index in [-0.39, 0.29) is 5.57 Å². The highest BCUT2D eigenvalue weighted by Gasteiger charge is 2.26. The van der Waals surface area contributed by atoms with Crippen LogP contribution >= 0.6 is 0 Å². The average Bonchev–Trinajstić information content (AvgIpc) is 2.91. The zero-order chi connectivity index (χ0) is 29.8. The lowest BCUT2D eigenvalue weighted by molar-refractivity contribution is -0.140. The standard InChI is InChI=1S/C36H68O4/c1-5-9-13-17-19-23-27-31(25-21-15-11-7-3)29-33(34(35(37)38)36(39)40)30-32(26-22-16-12-8-4)28-24-20-18-14-10-6-2/h31-32H,5-30H2,1-4H3,(H,37,38)(H,39,40). The van der Waals surface area contributed by atoms with Crippen LogP contribution in [0.2, 0.25) is 0 Å². The van der Waals surface area contributed by atoms with Crippen LogP contribution in [-0.4, -0.2) is 22.2 Å². The van der Waals surface area contributed by atoms with E-state index in [4.69, 9.17) is 0 Å². The van der Waals surface area contributed by atoms with Crippen LogP contribution in [0.1, 0.15) is 195 Å². The van der Waals surface area contributed by atoms with Gasteiger partial charge in [-0.15, -0.1) is 0 Å². The smallest absolute Gasteiger partial charge is 0.343 e. The molecule has 0 bridgehead atoms. The minimum absolute atomic E-state index is 0.331. The van der Waals surface area contributed by atoms with Crippen molar-refractivity contribution in [3.05, 3.63) is 11.1 Å². The maximum Gasteiger partial charge on any atom is 0.343 e. The monoisotopic (exact) mass is 565 g/mol. The zero-order valence-electron chi connectivity index (χ0n) is 27.3. The van der Waals surface area contributed by atoms with Crippen LogP contribution in [0.3, 0.4) is 0 Å². The number of rotatable bonds is 30. The summed E-state index contributed by atoms with van der Waals surface area (Å²) in [6, 6.07) is 0. The summed E-state index contributed by atoms with van der Waals surface area (Å²) in [7, 11) is 0. The van der Waals surface area contributed by atoms with E-state index in [1.165, 1.54) is 116 Å². The van der Waals surface area contributed by atoms with E-state index >= 15 is 0 Å². The Morgan fingerprint density at radius 2 is 0.675 bits per heavy atom. The summed E-state index contributed by atoms with van der Waals surface area (Å²) < 4.78 is 0. The molecular formula is C36H68O4. The third-order valence-corrected chi connectivity index (χ3v) is 8.72. The molecule has 0 aromatic rings. The molecule has 0 fully saturated rings. The highest BCUT2D eigenvalue weighted by atomic mass is 16.4. The van der Waals surface area contributed by atoms with E-state index in [1.54, 1.807) is 0 Å². The van der Waals surface area contributed by atoms with Crippen molar-refractivity contribution in [2.75, 3.05) is 0 Å². The predicted octanol–water partition coefficient (Wildman–Crippen LogP) is 11.9. The molecule has 0 saturated heterocycles. The average molecular weight is 565 g/mol. The summed E-state index contributed by atoms with van der Waals surface area (Å²) in [5, 5.41) is 20.0. The van der Waals surface area contributed by atoms with Crippen molar-refractivity contribution in [1.82, 2.24) is 0 Å². The lowest BCUT2D eigenvalue weighted by Crippen LogP contribution is -2.18. The maximum absolute atomic E-state index is 12.2. The Hall–Kier alpha value is -1.32. The molecule has 2 atom stereocenters. The summed E-state index contributed by atoms with van der Waals surface area (Å²) in [6.07, 6.45) is 30.3. The molecule has 40 heavy (non-hydrogen) atoms. The Morgan fingerprint density at radius 1 is 0.425 bits per heavy atom. The zero-order valence-corrected chi connectivity index (χ0v) is 27.3. The topological polar surface area (TPSA) is 74.6 Å². The first-order chi connectivity index (χ1) is 19.4. The molecule has 0 heterocycles. The summed E-state index contributed by atoms with van der Waals surface area (Å²) in [5.41, 5.74) is 0.390. The summed E-state index contributed by atoms with van der Waals surface area (Å²) in [6.45, 7) is 8.94. The first-order valence-electron chi connectivity index (χ1n) is 17.6. The number of hydrogen-bond donors (Lipinski definition) is 2. The van der Waals surface area contributed by atoms with Gasteiger partial charge in [-0.05, 0) is 30.3 Å². The molecule has 0 spiro atoms. The summed E-state index contributed by atoms with van der Waals surface area (Å²) in [4.78, 5) is 24.5. The molecule has 2 unspecified atom stereocenters. The fourth-order valence-electron chi connectivity index (χ4n) is 6.22. The Labute approximate surface area is 249 Å². The van der Waals surface area contributed by atoms with E-state index in [1.807, 2.05) is 0 Å². The molecule has 0 amide bonds. The van der Waals surface area contributed by atoms with Gasteiger partial charge < -0.3 is 10.2 Å². The number of carboxylic acids is 2. The molecule has 0 aliphatic carbocycles. The fourth-order valence-corrected chi connectivity index (χ4v) is 6.22. The summed E-state index contributed by atoms with van der Waals surface area (Å²) in [5.74, 6) is -1.73. The molecule has 236 valence electrons. The van der Waals surface area contributed by atoms with Crippen molar-refractivity contribution >= 4 is 11.9 Å². The highest BCUT2D eigenvalue weighted by molar-refractivity contribution is 6.13. The molecule has 0 aromatic carbocycles. The van der Waals surface area contributed by atoms with Crippen LogP contribution in [0.5, 0.6) is 0 Å². The van der Waals surface area contributed by atoms with Crippen molar-refractivity contribution in [3.63, 3.8) is 0 Å². The van der Waals surface area contributed by atoms with Gasteiger partial charge in [0.15, 0.2) is 0 Å². The first kappa shape index (κ1) is 38.7. The second kappa shape index (κ2) is 27.8. The SMILES string of the molecule is CCCCCCCCC(CCCCCC)CC(CC(CCCCCC)CCCCCCCC)=C(C(=O)O)C(=O)O. The fraction of sp³-hybridized carbons (Fsp3) is 0.889. The van der Waals surface area contributed by atoms with Gasteiger partial charge >= 0.3 is 11.9 Å². The van der Waals surface area contributed by atoms with Crippen molar-refractivity contribution in [2.45, 2.75) is 195 Å². The number of allylic oxidation sites excluding steroid dienone is 1. The van der Waals surface area contributed by atoms with Gasteiger partial charge in [0.2, 0.25) is 0 Å². The lowest BCUT2D eigenvalue weighted by Gasteiger charge is -2.24. The van der Waals surface area contributed by atoms with Crippen LogP contribution in [0.25, 0.3) is 0 Å². The molecular weight excluding hydrogens is 496 g/mol. The number of carbonyl (C=O) groups is 2. The van der Waals surface area contributed by atoms with Crippen molar-refractivity contribution in [1.29, 1.82) is 0 Å². The Balaban J connectivity index is 5.65. The Morgan fingerprint density at radius 3 is 0.950 bits per heavy atom. The first-order valence-corrected chi connectivity index (χ1v) is 17.6. The second-order valence-electron chi connectivity index (χ2n) is 12.5. The van der Waals surface area contributed by atoms with Crippen LogP contribution < -0.4 is 0 Å². The molecule has 0 radical (unpaired) electrons. The highest BCUT2D eigenvalue weighted by Crippen LogP contribution is 2.33. The van der Waals surface area contributed by atoms with E-state index in [9.17, 15) is 19.8 Å². The second-order valence-corrected chi connectivity index (χ2v) is 12.5. The van der Waals surface area contributed by atoms with Crippen molar-refractivity contribution < 1.29 is 19.8 Å². The third kappa shape index (κ3) is 21.4. The maximum atomic E-state index is 12.2. The van der Waals surface area contributed by atoms with Crippen molar-refractivity contribution in [2.24, 2.45) is 11.8 Å². The van der Waals surface area contributed by atoms with Crippen LogP contribution in [0.15, 0.2) is 11.1 Å². The molecule has 0 saturated carbocycles. The van der Waals surface area contributed by atoms with Gasteiger partial charge in [0.1, 0.15) is 5.57 Å². The van der Waals surface area contributed by atoms with Crippen LogP contribution in [0.4, 0.5) is 0 Å². The minimum Gasteiger partial charge on any atom is -0.477 e. The van der Waals surface area contributed by atoms with Gasteiger partial charge in [-0.25, -0.2) is 9.59 Å². The Kier molecular flexibility index (Phi) is 26.9. The van der Waals surface area contributed by atoms with Gasteiger partial charge in [-0.3, -0.25) is 0 Å². The van der Waals surface area contributed by atoms with Gasteiger partial charge in [0.05, 0.1) is 0 Å². The number of aliphatic carboxylic acids is 2. The largest absolute Gasteiger partial charge is 0.477 e. The predicted molar refractivity (Wildman–Crippen MR) is 172 cm³/mol. The molecule has 0 rings (SSSR count). The number of carboxylic acid groups (broad SMARTS) is 2. The normalized spacial score (nSPS) is 12.8. The number of hydrogen-bond acceptors (Lipinski definition) is 2. The molecule has 2 N–H and O–H groups in total. The molecule has 0 aliphatic rings. The van der Waals surface area contributed by atoms with Crippen LogP contribution in [0, 0.1) is 11.8 Å². The van der Waals surface area contributed by atoms with Gasteiger partial charge in [0, 0.05) is 0 Å². The minimum atomic E-state index is -1.25. The van der Waals surface area contributed by atoms with Gasteiger partial charge in [-0.2, -0.15) is 0 Å². The third-order valence-electron chi connectivity index (χ3n) is 8.72. The lowest BCUT2D eigenvalue weighted by atomic mass is 9.81. The Bertz CT molecular complexity index is 587.